The Morgan fingerprint density at radius 1 is 0.523 bits per heavy atom. The molecule has 0 saturated heterocycles. The van der Waals surface area contributed by atoms with Gasteiger partial charge in [0.25, 0.3) is 0 Å². The van der Waals surface area contributed by atoms with Crippen molar-refractivity contribution in [2.75, 3.05) is 0 Å². The molecular weight excluding hydrogens is 538 g/mol. The van der Waals surface area contributed by atoms with Crippen molar-refractivity contribution in [2.45, 2.75) is 0 Å². The molecule has 5 heteroatoms. The molecule has 0 atom stereocenters. The predicted molar refractivity (Wildman–Crippen MR) is 179 cm³/mol. The summed E-state index contributed by atoms with van der Waals surface area (Å²) in [6.45, 7) is 0. The van der Waals surface area contributed by atoms with Crippen molar-refractivity contribution in [1.29, 1.82) is 0 Å². The van der Waals surface area contributed by atoms with Crippen LogP contribution in [0.4, 0.5) is 0 Å². The average Bonchev–Trinajstić information content (AvgIpc) is 3.80. The van der Waals surface area contributed by atoms with E-state index < -0.39 is 148 Å². The van der Waals surface area contributed by atoms with Crippen LogP contribution in [0.3, 0.4) is 0 Å². The van der Waals surface area contributed by atoms with Crippen molar-refractivity contribution in [3.05, 3.63) is 151 Å². The lowest BCUT2D eigenvalue weighted by atomic mass is 10.1. The Morgan fingerprint density at radius 3 is 2.00 bits per heavy atom. The first-order valence-electron chi connectivity index (χ1n) is 22.3. The van der Waals surface area contributed by atoms with E-state index in [4.69, 9.17) is 20.6 Å². The van der Waals surface area contributed by atoms with E-state index in [2.05, 4.69) is 15.0 Å². The third kappa shape index (κ3) is 3.69. The molecule has 0 amide bonds. The van der Waals surface area contributed by atoms with Gasteiger partial charge in [-0.05, 0) is 42.4 Å². The van der Waals surface area contributed by atoms with Gasteiger partial charge in [-0.2, -0.15) is 0 Å². The molecule has 0 N–H and O–H groups in total. The fourth-order valence-corrected chi connectivity index (χ4v) is 5.39. The Balaban J connectivity index is 1.57. The fourth-order valence-electron chi connectivity index (χ4n) is 5.39. The van der Waals surface area contributed by atoms with Crippen LogP contribution >= 0.6 is 0 Å². The Labute approximate surface area is 278 Å². The lowest BCUT2D eigenvalue weighted by Gasteiger charge is -2.15. The molecule has 9 aromatic rings. The maximum Gasteiger partial charge on any atom is 0.235 e. The average molecular weight is 582 g/mol. The van der Waals surface area contributed by atoms with Gasteiger partial charge in [-0.25, -0.2) is 15.0 Å². The minimum atomic E-state index is -0.826. The molecule has 9 rings (SSSR count). The van der Waals surface area contributed by atoms with E-state index >= 15 is 0 Å². The number of rotatable bonds is 4. The first-order valence-corrected chi connectivity index (χ1v) is 13.3. The van der Waals surface area contributed by atoms with E-state index in [0.29, 0.717) is 16.3 Å². The van der Waals surface area contributed by atoms with Gasteiger partial charge in [-0.15, -0.1) is 0 Å². The van der Waals surface area contributed by atoms with Gasteiger partial charge in [0.05, 0.1) is 58.3 Å². The fraction of sp³-hybridized carbons (Fsp3) is 0. The SMILES string of the molecule is [2H]c1c(-c2c([2H])c([2H])c([2H])c([2H])c2[2H])nc(-n2c3c([2H])c([2H])c([2H])c([2H])c3c3c([2H])c([2H])c([2H])c([2H])c32)nc1-c1c([2H])c([2H])c([2H])c([2H])c1-n1c2ccccc2c2cccnc21. The molecule has 0 aliphatic heterocycles. The highest BCUT2D eigenvalue weighted by Gasteiger charge is 2.20. The normalized spacial score (nSPS) is 17.4. The van der Waals surface area contributed by atoms with Crippen LogP contribution in [0.5, 0.6) is 0 Å². The van der Waals surface area contributed by atoms with Crippen molar-refractivity contribution < 1.29 is 24.7 Å². The second-order valence-electron chi connectivity index (χ2n) is 9.58. The van der Waals surface area contributed by atoms with Gasteiger partial charge in [0.15, 0.2) is 0 Å². The zero-order valence-electron chi connectivity index (χ0n) is 40.3. The van der Waals surface area contributed by atoms with Crippen LogP contribution < -0.4 is 0 Å². The number of hydrogen-bond acceptors (Lipinski definition) is 3. The molecule has 0 aliphatic rings. The molecule has 5 aromatic carbocycles. The molecule has 0 spiro atoms. The minimum Gasteiger partial charge on any atom is -0.293 e. The Hall–Kier alpha value is -6.07. The van der Waals surface area contributed by atoms with E-state index in [0.717, 1.165) is 4.57 Å². The number of fused-ring (bicyclic) bond motifs is 6. The number of aromatic nitrogens is 5. The molecule has 0 bridgehead atoms. The first-order chi connectivity index (χ1) is 29.3. The van der Waals surface area contributed by atoms with E-state index in [1.807, 2.05) is 0 Å². The monoisotopic (exact) mass is 581 g/mol. The number of hydrogen-bond donors (Lipinski definition) is 0. The molecule has 0 saturated carbocycles. The molecule has 0 fully saturated rings. The third-order valence-electron chi connectivity index (χ3n) is 7.19. The highest BCUT2D eigenvalue weighted by atomic mass is 15.2. The molecule has 0 aliphatic carbocycles. The van der Waals surface area contributed by atoms with Gasteiger partial charge < -0.3 is 0 Å². The molecule has 0 radical (unpaired) electrons. The molecule has 0 unspecified atom stereocenters. The third-order valence-corrected chi connectivity index (χ3v) is 7.19. The lowest BCUT2D eigenvalue weighted by Crippen LogP contribution is -2.05. The van der Waals surface area contributed by atoms with Crippen molar-refractivity contribution in [3.63, 3.8) is 0 Å². The molecular formula is C39H25N5. The summed E-state index contributed by atoms with van der Waals surface area (Å²) in [5.74, 6) is -0.702. The number of nitrogens with zero attached hydrogens (tertiary/aromatic N) is 5. The van der Waals surface area contributed by atoms with Crippen LogP contribution in [-0.4, -0.2) is 24.1 Å². The van der Waals surface area contributed by atoms with Gasteiger partial charge >= 0.3 is 0 Å². The van der Waals surface area contributed by atoms with Crippen LogP contribution in [0.15, 0.2) is 151 Å². The minimum absolute atomic E-state index is 0.237. The van der Waals surface area contributed by atoms with Crippen LogP contribution in [0.2, 0.25) is 0 Å². The second kappa shape index (κ2) is 9.75. The van der Waals surface area contributed by atoms with Gasteiger partial charge in [-0.1, -0.05) is 103 Å². The summed E-state index contributed by atoms with van der Waals surface area (Å²) in [7, 11) is 0. The van der Waals surface area contributed by atoms with Gasteiger partial charge in [0.1, 0.15) is 5.65 Å². The number of pyridine rings is 1. The second-order valence-corrected chi connectivity index (χ2v) is 9.58. The zero-order valence-corrected chi connectivity index (χ0v) is 22.3. The highest BCUT2D eigenvalue weighted by Crippen LogP contribution is 2.37. The molecule has 5 nitrogen and oxygen atoms in total. The van der Waals surface area contributed by atoms with Crippen molar-refractivity contribution in [1.82, 2.24) is 24.1 Å². The Morgan fingerprint density at radius 2 is 1.18 bits per heavy atom. The Kier molecular flexibility index (Phi) is 2.80. The van der Waals surface area contributed by atoms with E-state index in [9.17, 15) is 4.11 Å². The summed E-state index contributed by atoms with van der Waals surface area (Å²) >= 11 is 0. The lowest BCUT2D eigenvalue weighted by molar-refractivity contribution is 0.994. The van der Waals surface area contributed by atoms with Crippen LogP contribution in [0, 0.1) is 0 Å². The summed E-state index contributed by atoms with van der Waals surface area (Å²) in [6.07, 6.45) is 1.48. The molecule has 4 heterocycles. The summed E-state index contributed by atoms with van der Waals surface area (Å²) in [4.78, 5) is 13.7. The summed E-state index contributed by atoms with van der Waals surface area (Å²) in [5, 5.41) is 0.503. The predicted octanol–water partition coefficient (Wildman–Crippen LogP) is 9.40. The molecule has 4 aromatic heterocycles. The molecule has 44 heavy (non-hydrogen) atoms. The number of para-hydroxylation sites is 4. The summed E-state index contributed by atoms with van der Waals surface area (Å²) < 4.78 is 161. The van der Waals surface area contributed by atoms with Gasteiger partial charge in [0.2, 0.25) is 5.95 Å². The van der Waals surface area contributed by atoms with Crippen LogP contribution in [-0.2, 0) is 0 Å². The van der Waals surface area contributed by atoms with E-state index in [-0.39, 0.29) is 22.1 Å². The van der Waals surface area contributed by atoms with Crippen molar-refractivity contribution >= 4 is 43.7 Å². The summed E-state index contributed by atoms with van der Waals surface area (Å²) in [6, 6.07) is -3.16. The summed E-state index contributed by atoms with van der Waals surface area (Å²) in [5.41, 5.74) is -2.89. The quantitative estimate of drug-likeness (QED) is 0.208. The van der Waals surface area contributed by atoms with E-state index in [1.54, 1.807) is 36.4 Å². The van der Waals surface area contributed by atoms with E-state index in [1.165, 1.54) is 10.8 Å². The van der Waals surface area contributed by atoms with Crippen LogP contribution in [0.1, 0.15) is 24.7 Å². The van der Waals surface area contributed by atoms with Gasteiger partial charge in [-0.3, -0.25) is 9.13 Å². The smallest absolute Gasteiger partial charge is 0.235 e. The van der Waals surface area contributed by atoms with Crippen molar-refractivity contribution in [2.24, 2.45) is 0 Å². The van der Waals surface area contributed by atoms with Crippen molar-refractivity contribution in [3.8, 4) is 34.2 Å². The maximum atomic E-state index is 9.68. The highest BCUT2D eigenvalue weighted by molar-refractivity contribution is 6.09. The maximum absolute atomic E-state index is 9.68. The first kappa shape index (κ1) is 12.7. The van der Waals surface area contributed by atoms with Gasteiger partial charge in [0, 0.05) is 38.9 Å². The molecule has 206 valence electrons. The Bertz CT molecular complexity index is 3370. The zero-order chi connectivity index (χ0) is 44.7. The largest absolute Gasteiger partial charge is 0.293 e. The number of benzene rings is 5. The standard InChI is InChI=1S/C39H25N5/c1-2-13-26(14-3-1)32-25-33(42-39(41-32)44-35-21-9-4-15-27(35)28-16-5-10-22-36(28)44)31-18-7-11-23-37(31)43-34-20-8-6-17-29(34)30-19-12-24-40-38(30)43/h1-25H/i1D,2D,3D,4D,5D,7D,9D,10D,11D,13D,14D,15D,16D,18D,21D,22D,23D,25D. The topological polar surface area (TPSA) is 48.5 Å². The van der Waals surface area contributed by atoms with Crippen LogP contribution in [0.25, 0.3) is 77.9 Å².